The van der Waals surface area contributed by atoms with Crippen molar-refractivity contribution < 1.29 is 42.1 Å². The fourth-order valence-corrected chi connectivity index (χ4v) is 7.02. The molecule has 0 atom stereocenters. The molecule has 2 aromatic carbocycles. The number of likely N-dealkylation sites (N-methyl/N-ethyl adjacent to an activating group) is 1. The molecule has 0 unspecified atom stereocenters. The highest BCUT2D eigenvalue weighted by Crippen LogP contribution is 2.49. The highest BCUT2D eigenvalue weighted by molar-refractivity contribution is 7.94. The first kappa shape index (κ1) is 32.9. The number of aliphatic carboxylic acids is 1. The molecule has 2 aliphatic rings. The summed E-state index contributed by atoms with van der Waals surface area (Å²) in [6.45, 7) is 11.9. The van der Waals surface area contributed by atoms with Crippen LogP contribution in [0.1, 0.15) is 71.4 Å². The minimum absolute atomic E-state index is 0.123. The van der Waals surface area contributed by atoms with Crippen molar-refractivity contribution in [2.45, 2.75) is 80.9 Å². The van der Waals surface area contributed by atoms with E-state index in [1.54, 1.807) is 6.07 Å². The number of unbranched alkanes of at least 4 members (excludes halogenated alkanes) is 2. The molecule has 2 aliphatic heterocycles. The monoisotopic (exact) mass is 631 g/mol. The van der Waals surface area contributed by atoms with Gasteiger partial charge in [0.25, 0.3) is 10.1 Å². The third kappa shape index (κ3) is 6.74. The van der Waals surface area contributed by atoms with Gasteiger partial charge in [-0.1, -0.05) is 25.0 Å². The number of hydrogen-bond donors (Lipinski definition) is 3. The van der Waals surface area contributed by atoms with E-state index in [0.29, 0.717) is 13.0 Å². The maximum atomic E-state index is 11.9. The molecule has 0 spiro atoms. The molecule has 0 radical (unpaired) electrons. The zero-order valence-corrected chi connectivity index (χ0v) is 26.7. The van der Waals surface area contributed by atoms with Crippen LogP contribution in [0.5, 0.6) is 0 Å². The summed E-state index contributed by atoms with van der Waals surface area (Å²) < 4.78 is 40.4. The molecule has 0 fully saturated rings. The zero-order valence-electron chi connectivity index (χ0n) is 25.0. The first-order valence-corrected chi connectivity index (χ1v) is 16.4. The van der Waals surface area contributed by atoms with Crippen molar-refractivity contribution in [1.29, 1.82) is 0 Å². The molecule has 12 heteroatoms. The molecular weight excluding hydrogens is 592 g/mol. The van der Waals surface area contributed by atoms with Crippen LogP contribution < -0.4 is 4.90 Å². The van der Waals surface area contributed by atoms with E-state index in [-0.39, 0.29) is 16.7 Å². The Balaban J connectivity index is 1.71. The van der Waals surface area contributed by atoms with Gasteiger partial charge in [0.2, 0.25) is 5.69 Å². The fraction of sp³-hybridized carbons (Fsp3) is 0.419. The van der Waals surface area contributed by atoms with Crippen molar-refractivity contribution in [1.82, 2.24) is 0 Å². The average Bonchev–Trinajstić information content (AvgIpc) is 3.29. The summed E-state index contributed by atoms with van der Waals surface area (Å²) in [5, 5.41) is 21.3. The largest absolute Gasteiger partial charge is 0.481 e. The van der Waals surface area contributed by atoms with Crippen LogP contribution in [0.3, 0.4) is 0 Å². The van der Waals surface area contributed by atoms with Crippen molar-refractivity contribution in [2.24, 2.45) is 0 Å². The average molecular weight is 632 g/mol. The van der Waals surface area contributed by atoms with Crippen molar-refractivity contribution in [2.75, 3.05) is 18.0 Å². The fourth-order valence-electron chi connectivity index (χ4n) is 6.11. The maximum absolute atomic E-state index is 11.9. The minimum Gasteiger partial charge on any atom is -0.481 e. The number of carboxylic acids is 1. The van der Waals surface area contributed by atoms with Gasteiger partial charge in [0.15, 0.2) is 5.71 Å². The van der Waals surface area contributed by atoms with Crippen molar-refractivity contribution in [3.8, 4) is 0 Å². The Morgan fingerprint density at radius 2 is 1.79 bits per heavy atom. The van der Waals surface area contributed by atoms with Gasteiger partial charge in [0.05, 0.1) is 22.4 Å². The first-order valence-electron chi connectivity index (χ1n) is 14.2. The van der Waals surface area contributed by atoms with Crippen molar-refractivity contribution in [3.63, 3.8) is 0 Å². The molecule has 4 rings (SSSR count). The number of carbonyl (C=O) groups is 1. The molecule has 0 aliphatic carbocycles. The molecule has 2 aromatic rings. The lowest BCUT2D eigenvalue weighted by molar-refractivity contribution is -0.438. The molecule has 0 saturated heterocycles. The Morgan fingerprint density at radius 3 is 2.44 bits per heavy atom. The lowest BCUT2D eigenvalue weighted by Crippen LogP contribution is -2.28. The van der Waals surface area contributed by atoms with Gasteiger partial charge in [0.1, 0.15) is 6.54 Å². The van der Waals surface area contributed by atoms with Gasteiger partial charge < -0.3 is 10.0 Å². The molecule has 0 aromatic heterocycles. The predicted molar refractivity (Wildman–Crippen MR) is 166 cm³/mol. The van der Waals surface area contributed by atoms with E-state index in [9.17, 15) is 17.8 Å². The van der Waals surface area contributed by atoms with Crippen LogP contribution in [0.15, 0.2) is 70.1 Å². The Morgan fingerprint density at radius 1 is 1.05 bits per heavy atom. The summed E-state index contributed by atoms with van der Waals surface area (Å²) in [5.41, 5.74) is 5.04. The molecule has 0 bridgehead atoms. The van der Waals surface area contributed by atoms with E-state index in [1.165, 1.54) is 12.1 Å². The van der Waals surface area contributed by atoms with E-state index in [2.05, 4.69) is 51.8 Å². The van der Waals surface area contributed by atoms with Crippen LogP contribution in [0.2, 0.25) is 0 Å². The summed E-state index contributed by atoms with van der Waals surface area (Å²) in [5.74, 6) is -0.811. The summed E-state index contributed by atoms with van der Waals surface area (Å²) in [4.78, 5) is 13.9. The molecule has 0 amide bonds. The van der Waals surface area contributed by atoms with E-state index in [4.69, 9.17) is 10.4 Å². The summed E-state index contributed by atoms with van der Waals surface area (Å²) in [6.07, 6.45) is 8.39. The third-order valence-corrected chi connectivity index (χ3v) is 9.71. The van der Waals surface area contributed by atoms with Crippen LogP contribution in [0.4, 0.5) is 11.4 Å². The Bertz CT molecular complexity index is 1590. The van der Waals surface area contributed by atoms with Gasteiger partial charge in [-0.25, -0.2) is 5.26 Å². The SMILES string of the molecule is CCN1C(=CC=CC2=[N+](CCCCCC(=O)O)c3ccc(S(=O)(=O)O)cc3C2(C)C)C(C)(C)c2cc(SOOO)ccc21. The zero-order chi connectivity index (χ0) is 31.6. The highest BCUT2D eigenvalue weighted by atomic mass is 32.2. The van der Waals surface area contributed by atoms with Gasteiger partial charge in [-0.2, -0.15) is 13.0 Å². The summed E-state index contributed by atoms with van der Waals surface area (Å²) in [7, 11) is -4.37. The quantitative estimate of drug-likeness (QED) is 0.0551. The molecule has 0 saturated carbocycles. The van der Waals surface area contributed by atoms with Gasteiger partial charge in [-0.05, 0) is 75.6 Å². The Hall–Kier alpha value is -3.00. The van der Waals surface area contributed by atoms with Gasteiger partial charge in [0, 0.05) is 58.8 Å². The lowest BCUT2D eigenvalue weighted by atomic mass is 9.81. The van der Waals surface area contributed by atoms with Gasteiger partial charge in [-0.3, -0.25) is 9.35 Å². The number of allylic oxidation sites excluding steroid dienone is 4. The molecule has 10 nitrogen and oxygen atoms in total. The smallest absolute Gasteiger partial charge is 0.303 e. The molecule has 2 heterocycles. The molecule has 3 N–H and O–H groups in total. The second kappa shape index (κ2) is 12.9. The van der Waals surface area contributed by atoms with E-state index in [0.717, 1.165) is 70.2 Å². The van der Waals surface area contributed by atoms with Crippen molar-refractivity contribution >= 4 is 45.2 Å². The van der Waals surface area contributed by atoms with Gasteiger partial charge >= 0.3 is 5.97 Å². The minimum atomic E-state index is -4.37. The number of nitrogens with zero attached hydrogens (tertiary/aromatic N) is 2. The van der Waals surface area contributed by atoms with Crippen molar-refractivity contribution in [3.05, 3.63) is 71.5 Å². The van der Waals surface area contributed by atoms with Crippen LogP contribution in [-0.4, -0.2) is 52.7 Å². The number of rotatable bonds is 13. The lowest BCUT2D eigenvalue weighted by Gasteiger charge is -2.25. The third-order valence-electron chi connectivity index (χ3n) is 8.28. The van der Waals surface area contributed by atoms with Gasteiger partial charge in [-0.15, -0.1) is 4.33 Å². The van der Waals surface area contributed by atoms with Crippen LogP contribution >= 0.6 is 12.0 Å². The Kier molecular flexibility index (Phi) is 9.89. The number of carboxylic acid groups (broad SMARTS) is 1. The second-order valence-corrected chi connectivity index (χ2v) is 13.9. The predicted octanol–water partition coefficient (Wildman–Crippen LogP) is 6.64. The number of benzene rings is 2. The topological polar surface area (TPSA) is 137 Å². The van der Waals surface area contributed by atoms with E-state index < -0.39 is 21.5 Å². The Labute approximate surface area is 257 Å². The molecule has 43 heavy (non-hydrogen) atoms. The number of fused-ring (bicyclic) bond motifs is 2. The normalized spacial score (nSPS) is 18.1. The maximum Gasteiger partial charge on any atom is 0.303 e. The van der Waals surface area contributed by atoms with Crippen LogP contribution in [0, 0.1) is 0 Å². The van der Waals surface area contributed by atoms with Crippen LogP contribution in [0.25, 0.3) is 0 Å². The first-order chi connectivity index (χ1) is 20.2. The van der Waals surface area contributed by atoms with E-state index >= 15 is 0 Å². The summed E-state index contributed by atoms with van der Waals surface area (Å²) in [6, 6.07) is 10.6. The highest BCUT2D eigenvalue weighted by Gasteiger charge is 2.45. The van der Waals surface area contributed by atoms with Crippen LogP contribution in [-0.2, 0) is 35.1 Å². The van der Waals surface area contributed by atoms with E-state index in [1.807, 2.05) is 38.1 Å². The summed E-state index contributed by atoms with van der Waals surface area (Å²) >= 11 is 0.924. The second-order valence-electron chi connectivity index (χ2n) is 11.7. The molecule has 232 valence electrons. The molecular formula is C31H39N2O8S2+. The number of anilines is 1. The number of hydrogen-bond acceptors (Lipinski definition) is 8. The standard InChI is InChI=1S/C31H38N2O8S2/c1-6-32-25-16-14-21(42-41-40-36)19-23(25)30(2,3)27(32)11-10-12-28-31(4,5)24-20-22(43(37,38)39)15-17-26(24)33(28)18-9-7-8-13-29(34)35/h10-12,14-17,19-20H,6-9,13,18H2,1-5H3,(H2-,34,35,36,37,38,39)/p+1.